The Morgan fingerprint density at radius 2 is 2.50 bits per heavy atom. The molecule has 1 aliphatic heterocycles. The molecule has 8 heavy (non-hydrogen) atoms. The molecule has 0 bridgehead atoms. The molecule has 3 heteroatoms. The fourth-order valence-electron chi connectivity index (χ4n) is 0.560. The van der Waals surface area contributed by atoms with Gasteiger partial charge in [0.05, 0.1) is 12.5 Å². The molecule has 1 unspecified atom stereocenters. The van der Waals surface area contributed by atoms with Crippen LogP contribution in [0, 0.1) is 0 Å². The Kier molecular flexibility index (Phi) is 1.75. The van der Waals surface area contributed by atoms with E-state index in [1.165, 1.54) is 0 Å². The van der Waals surface area contributed by atoms with Gasteiger partial charge in [-0.25, -0.2) is 0 Å². The van der Waals surface area contributed by atoms with E-state index in [9.17, 15) is 0 Å². The lowest BCUT2D eigenvalue weighted by Gasteiger charge is -2.15. The molecule has 0 N–H and O–H groups in total. The van der Waals surface area contributed by atoms with Crippen LogP contribution in [0.25, 0.3) is 0 Å². The van der Waals surface area contributed by atoms with E-state index in [4.69, 9.17) is 21.1 Å². The van der Waals surface area contributed by atoms with Gasteiger partial charge in [-0.2, -0.15) is 0 Å². The molecule has 1 aliphatic rings. The van der Waals surface area contributed by atoms with Crippen molar-refractivity contribution < 1.29 is 9.47 Å². The molecule has 0 radical (unpaired) electrons. The molecule has 2 nitrogen and oxygen atoms in total. The van der Waals surface area contributed by atoms with E-state index in [-0.39, 0.29) is 5.60 Å². The lowest BCUT2D eigenvalue weighted by molar-refractivity contribution is 0.0138. The van der Waals surface area contributed by atoms with Crippen molar-refractivity contribution in [1.82, 2.24) is 0 Å². The van der Waals surface area contributed by atoms with Crippen molar-refractivity contribution in [3.05, 3.63) is 0 Å². The molecule has 1 atom stereocenters. The summed E-state index contributed by atoms with van der Waals surface area (Å²) >= 11 is 5.54. The standard InChI is InChI=1S/C5H9ClO2/c1-5(2-6)3-7-4-8-5/h2-4H2,1H3. The number of hydrogen-bond donors (Lipinski definition) is 0. The van der Waals surface area contributed by atoms with Crippen molar-refractivity contribution in [2.24, 2.45) is 0 Å². The summed E-state index contributed by atoms with van der Waals surface area (Å²) in [6.07, 6.45) is 0. The van der Waals surface area contributed by atoms with Gasteiger partial charge in [0.2, 0.25) is 0 Å². The Hall–Kier alpha value is 0.210. The topological polar surface area (TPSA) is 18.5 Å². The predicted molar refractivity (Wildman–Crippen MR) is 31.0 cm³/mol. The third-order valence-electron chi connectivity index (χ3n) is 1.18. The maximum atomic E-state index is 5.54. The van der Waals surface area contributed by atoms with Gasteiger partial charge in [0.25, 0.3) is 0 Å². The van der Waals surface area contributed by atoms with Crippen LogP contribution in [0.1, 0.15) is 6.92 Å². The van der Waals surface area contributed by atoms with Gasteiger partial charge in [-0.15, -0.1) is 11.6 Å². The Bertz CT molecular complexity index is 78.5. The lowest BCUT2D eigenvalue weighted by Crippen LogP contribution is -2.28. The van der Waals surface area contributed by atoms with Crippen molar-refractivity contribution in [2.75, 3.05) is 19.3 Å². The molecule has 1 saturated heterocycles. The van der Waals surface area contributed by atoms with E-state index >= 15 is 0 Å². The van der Waals surface area contributed by atoms with Gasteiger partial charge in [0.15, 0.2) is 0 Å². The number of alkyl halides is 1. The average molecular weight is 137 g/mol. The molecule has 0 amide bonds. The maximum absolute atomic E-state index is 5.54. The molecular weight excluding hydrogens is 128 g/mol. The van der Waals surface area contributed by atoms with Crippen molar-refractivity contribution in [1.29, 1.82) is 0 Å². The third kappa shape index (κ3) is 1.13. The highest BCUT2D eigenvalue weighted by atomic mass is 35.5. The van der Waals surface area contributed by atoms with Crippen LogP contribution in [0.5, 0.6) is 0 Å². The molecular formula is C5H9ClO2. The summed E-state index contributed by atoms with van der Waals surface area (Å²) in [6.45, 7) is 2.95. The van der Waals surface area contributed by atoms with Crippen LogP contribution in [0.15, 0.2) is 0 Å². The highest BCUT2D eigenvalue weighted by molar-refractivity contribution is 6.18. The van der Waals surface area contributed by atoms with Gasteiger partial charge >= 0.3 is 0 Å². The summed E-state index contributed by atoms with van der Waals surface area (Å²) < 4.78 is 10.1. The van der Waals surface area contributed by atoms with E-state index in [2.05, 4.69) is 0 Å². The van der Waals surface area contributed by atoms with Gasteiger partial charge in [0, 0.05) is 0 Å². The molecule has 0 spiro atoms. The van der Waals surface area contributed by atoms with E-state index < -0.39 is 0 Å². The first-order valence-electron chi connectivity index (χ1n) is 2.54. The molecule has 48 valence electrons. The number of hydrogen-bond acceptors (Lipinski definition) is 2. The zero-order valence-electron chi connectivity index (χ0n) is 4.82. The fraction of sp³-hybridized carbons (Fsp3) is 1.00. The second kappa shape index (κ2) is 2.21. The summed E-state index contributed by atoms with van der Waals surface area (Å²) in [5.41, 5.74) is -0.221. The monoisotopic (exact) mass is 136 g/mol. The first kappa shape index (κ1) is 6.33. The molecule has 1 heterocycles. The highest BCUT2D eigenvalue weighted by Gasteiger charge is 2.29. The predicted octanol–water partition coefficient (Wildman–Crippen LogP) is 0.988. The SMILES string of the molecule is CC1(CCl)COCO1. The van der Waals surface area contributed by atoms with Crippen molar-refractivity contribution >= 4 is 11.6 Å². The van der Waals surface area contributed by atoms with E-state index in [1.807, 2.05) is 6.92 Å². The average Bonchev–Trinajstić information content (AvgIpc) is 2.17. The quantitative estimate of drug-likeness (QED) is 0.501. The summed E-state index contributed by atoms with van der Waals surface area (Å²) in [4.78, 5) is 0. The maximum Gasteiger partial charge on any atom is 0.147 e. The summed E-state index contributed by atoms with van der Waals surface area (Å²) in [5.74, 6) is 0.507. The van der Waals surface area contributed by atoms with Crippen molar-refractivity contribution in [2.45, 2.75) is 12.5 Å². The van der Waals surface area contributed by atoms with Crippen LogP contribution in [-0.4, -0.2) is 24.9 Å². The lowest BCUT2D eigenvalue weighted by atomic mass is 10.2. The van der Waals surface area contributed by atoms with Crippen molar-refractivity contribution in [3.63, 3.8) is 0 Å². The molecule has 1 rings (SSSR count). The minimum absolute atomic E-state index is 0.221. The largest absolute Gasteiger partial charge is 0.352 e. The van der Waals surface area contributed by atoms with Crippen LogP contribution in [0.4, 0.5) is 0 Å². The Morgan fingerprint density at radius 1 is 1.75 bits per heavy atom. The molecule has 0 saturated carbocycles. The van der Waals surface area contributed by atoms with Crippen LogP contribution < -0.4 is 0 Å². The molecule has 1 fully saturated rings. The second-order valence-corrected chi connectivity index (χ2v) is 2.46. The van der Waals surface area contributed by atoms with Gasteiger partial charge in [-0.3, -0.25) is 0 Å². The Morgan fingerprint density at radius 3 is 2.75 bits per heavy atom. The zero-order chi connectivity index (χ0) is 6.04. The molecule has 0 aromatic rings. The van der Waals surface area contributed by atoms with Gasteiger partial charge < -0.3 is 9.47 Å². The minimum atomic E-state index is -0.221. The van der Waals surface area contributed by atoms with E-state index in [0.29, 0.717) is 19.3 Å². The number of halogens is 1. The number of ether oxygens (including phenoxy) is 2. The second-order valence-electron chi connectivity index (χ2n) is 2.19. The minimum Gasteiger partial charge on any atom is -0.352 e. The summed E-state index contributed by atoms with van der Waals surface area (Å²) in [7, 11) is 0. The fourth-order valence-corrected chi connectivity index (χ4v) is 0.715. The Labute approximate surface area is 53.7 Å². The smallest absolute Gasteiger partial charge is 0.147 e. The van der Waals surface area contributed by atoms with Crippen LogP contribution >= 0.6 is 11.6 Å². The molecule has 0 aromatic heterocycles. The van der Waals surface area contributed by atoms with Gasteiger partial charge in [-0.1, -0.05) is 0 Å². The first-order chi connectivity index (χ1) is 3.77. The van der Waals surface area contributed by atoms with Crippen LogP contribution in [0.2, 0.25) is 0 Å². The van der Waals surface area contributed by atoms with Gasteiger partial charge in [0.1, 0.15) is 12.4 Å². The molecule has 0 aliphatic carbocycles. The summed E-state index contributed by atoms with van der Waals surface area (Å²) in [6, 6.07) is 0. The first-order valence-corrected chi connectivity index (χ1v) is 3.08. The summed E-state index contributed by atoms with van der Waals surface area (Å²) in [5, 5.41) is 0. The third-order valence-corrected chi connectivity index (χ3v) is 1.75. The Balaban J connectivity index is 2.40. The highest BCUT2D eigenvalue weighted by Crippen LogP contribution is 2.18. The van der Waals surface area contributed by atoms with Crippen LogP contribution in [0.3, 0.4) is 0 Å². The zero-order valence-corrected chi connectivity index (χ0v) is 5.57. The van der Waals surface area contributed by atoms with E-state index in [0.717, 1.165) is 0 Å². The van der Waals surface area contributed by atoms with E-state index in [1.54, 1.807) is 0 Å². The number of rotatable bonds is 1. The van der Waals surface area contributed by atoms with Crippen LogP contribution in [-0.2, 0) is 9.47 Å². The molecule has 0 aromatic carbocycles. The normalized spacial score (nSPS) is 38.2. The van der Waals surface area contributed by atoms with Gasteiger partial charge in [-0.05, 0) is 6.92 Å². The van der Waals surface area contributed by atoms with Crippen molar-refractivity contribution in [3.8, 4) is 0 Å².